The van der Waals surface area contributed by atoms with E-state index in [1.54, 1.807) is 38.4 Å². The highest BCUT2D eigenvalue weighted by Gasteiger charge is 2.16. The van der Waals surface area contributed by atoms with Crippen LogP contribution in [0.4, 0.5) is 0 Å². The van der Waals surface area contributed by atoms with Crippen LogP contribution in [-0.2, 0) is 16.1 Å². The fraction of sp³-hybridized carbons (Fsp3) is 0.312. The summed E-state index contributed by atoms with van der Waals surface area (Å²) >= 11 is 1.54. The molecule has 0 atom stereocenters. The van der Waals surface area contributed by atoms with E-state index in [0.29, 0.717) is 5.75 Å². The maximum atomic E-state index is 12.1. The van der Waals surface area contributed by atoms with Gasteiger partial charge in [0.2, 0.25) is 0 Å². The molecule has 0 aliphatic rings. The second-order valence-corrected chi connectivity index (χ2v) is 6.07. The van der Waals surface area contributed by atoms with Crippen molar-refractivity contribution < 1.29 is 19.1 Å². The zero-order valence-corrected chi connectivity index (χ0v) is 14.1. The van der Waals surface area contributed by atoms with Gasteiger partial charge in [-0.2, -0.15) is 0 Å². The van der Waals surface area contributed by atoms with Crippen molar-refractivity contribution in [1.82, 2.24) is 9.88 Å². The van der Waals surface area contributed by atoms with Crippen LogP contribution >= 0.6 is 11.3 Å². The Morgan fingerprint density at radius 1 is 1.26 bits per heavy atom. The summed E-state index contributed by atoms with van der Waals surface area (Å²) in [7, 11) is 3.20. The van der Waals surface area contributed by atoms with Gasteiger partial charge in [-0.1, -0.05) is 12.1 Å². The highest BCUT2D eigenvalue weighted by molar-refractivity contribution is 7.09. The van der Waals surface area contributed by atoms with Crippen molar-refractivity contribution in [3.63, 3.8) is 0 Å². The first-order valence-electron chi connectivity index (χ1n) is 6.97. The molecule has 0 spiro atoms. The molecule has 0 aliphatic carbocycles. The third-order valence-electron chi connectivity index (χ3n) is 2.97. The number of para-hydroxylation sites is 1. The van der Waals surface area contributed by atoms with Crippen LogP contribution < -0.4 is 4.74 Å². The third kappa shape index (κ3) is 4.79. The summed E-state index contributed by atoms with van der Waals surface area (Å²) in [5.41, 5.74) is 1.09. The first-order chi connectivity index (χ1) is 11.0. The first-order valence-corrected chi connectivity index (χ1v) is 7.85. The molecule has 0 saturated carbocycles. The van der Waals surface area contributed by atoms with Crippen LogP contribution in [0.15, 0.2) is 29.6 Å². The SMILES string of the molecule is Cc1nc(COc2ccccc2C(=O)OCC(=O)N(C)C)cs1. The lowest BCUT2D eigenvalue weighted by Gasteiger charge is -2.12. The van der Waals surface area contributed by atoms with E-state index in [9.17, 15) is 9.59 Å². The van der Waals surface area contributed by atoms with E-state index < -0.39 is 5.97 Å². The van der Waals surface area contributed by atoms with Gasteiger partial charge in [0.1, 0.15) is 17.9 Å². The minimum absolute atomic E-state index is 0.269. The molecule has 7 heteroatoms. The lowest BCUT2D eigenvalue weighted by Crippen LogP contribution is -2.27. The molecule has 0 saturated heterocycles. The molecule has 0 fully saturated rings. The monoisotopic (exact) mass is 334 g/mol. The van der Waals surface area contributed by atoms with Crippen molar-refractivity contribution in [1.29, 1.82) is 0 Å². The molecule has 2 aromatic rings. The molecule has 2 rings (SSSR count). The molecule has 0 aliphatic heterocycles. The molecule has 122 valence electrons. The van der Waals surface area contributed by atoms with Crippen LogP contribution in [0.3, 0.4) is 0 Å². The summed E-state index contributed by atoms with van der Waals surface area (Å²) in [4.78, 5) is 29.3. The van der Waals surface area contributed by atoms with Gasteiger partial charge in [0, 0.05) is 19.5 Å². The van der Waals surface area contributed by atoms with E-state index in [0.717, 1.165) is 10.7 Å². The van der Waals surface area contributed by atoms with Crippen molar-refractivity contribution in [3.8, 4) is 5.75 Å². The molecular formula is C16H18N2O4S. The van der Waals surface area contributed by atoms with E-state index in [-0.39, 0.29) is 24.7 Å². The van der Waals surface area contributed by atoms with E-state index in [4.69, 9.17) is 9.47 Å². The quantitative estimate of drug-likeness (QED) is 0.758. The van der Waals surface area contributed by atoms with Crippen LogP contribution in [0, 0.1) is 6.92 Å². The molecular weight excluding hydrogens is 316 g/mol. The minimum Gasteiger partial charge on any atom is -0.486 e. The second kappa shape index (κ2) is 7.73. The van der Waals surface area contributed by atoms with Gasteiger partial charge in [-0.15, -0.1) is 11.3 Å². The van der Waals surface area contributed by atoms with Crippen molar-refractivity contribution in [3.05, 3.63) is 45.9 Å². The highest BCUT2D eigenvalue weighted by Crippen LogP contribution is 2.21. The third-order valence-corrected chi connectivity index (χ3v) is 3.80. The van der Waals surface area contributed by atoms with Crippen LogP contribution in [0.5, 0.6) is 5.75 Å². The molecule has 6 nitrogen and oxygen atoms in total. The van der Waals surface area contributed by atoms with Crippen molar-refractivity contribution in [2.45, 2.75) is 13.5 Å². The topological polar surface area (TPSA) is 68.7 Å². The van der Waals surface area contributed by atoms with Crippen LogP contribution in [0.1, 0.15) is 21.1 Å². The molecule has 0 radical (unpaired) electrons. The zero-order valence-electron chi connectivity index (χ0n) is 13.2. The number of aromatic nitrogens is 1. The molecule has 0 unspecified atom stereocenters. The lowest BCUT2D eigenvalue weighted by atomic mass is 10.2. The van der Waals surface area contributed by atoms with Gasteiger partial charge < -0.3 is 14.4 Å². The Labute approximate surface area is 138 Å². The highest BCUT2D eigenvalue weighted by atomic mass is 32.1. The predicted molar refractivity (Wildman–Crippen MR) is 86.6 cm³/mol. The summed E-state index contributed by atoms with van der Waals surface area (Å²) in [5.74, 6) is -0.472. The van der Waals surface area contributed by atoms with Gasteiger partial charge in [-0.3, -0.25) is 4.79 Å². The number of ether oxygens (including phenoxy) is 2. The number of hydrogen-bond acceptors (Lipinski definition) is 6. The van der Waals surface area contributed by atoms with E-state index in [1.165, 1.54) is 16.2 Å². The summed E-state index contributed by atoms with van der Waals surface area (Å²) < 4.78 is 10.7. The van der Waals surface area contributed by atoms with Gasteiger partial charge in [0.05, 0.1) is 10.7 Å². The summed E-state index contributed by atoms with van der Waals surface area (Å²) in [6, 6.07) is 6.77. The minimum atomic E-state index is -0.592. The lowest BCUT2D eigenvalue weighted by molar-refractivity contribution is -0.131. The molecule has 0 bridgehead atoms. The van der Waals surface area contributed by atoms with Gasteiger partial charge in [0.15, 0.2) is 6.61 Å². The van der Waals surface area contributed by atoms with Gasteiger partial charge >= 0.3 is 5.97 Å². The first kappa shape index (κ1) is 17.0. The molecule has 1 aromatic carbocycles. The zero-order chi connectivity index (χ0) is 16.8. The van der Waals surface area contributed by atoms with E-state index >= 15 is 0 Å². The van der Waals surface area contributed by atoms with Crippen molar-refractivity contribution >= 4 is 23.2 Å². The summed E-state index contributed by atoms with van der Waals surface area (Å²) in [6.07, 6.45) is 0. The number of hydrogen-bond donors (Lipinski definition) is 0. The number of carbonyl (C=O) groups excluding carboxylic acids is 2. The predicted octanol–water partition coefficient (Wildman–Crippen LogP) is 2.28. The smallest absolute Gasteiger partial charge is 0.342 e. The number of thiazole rings is 1. The summed E-state index contributed by atoms with van der Waals surface area (Å²) in [6.45, 7) is 1.89. The summed E-state index contributed by atoms with van der Waals surface area (Å²) in [5, 5.41) is 2.87. The number of benzene rings is 1. The Morgan fingerprint density at radius 3 is 2.65 bits per heavy atom. The Hall–Kier alpha value is -2.41. The number of amides is 1. The Bertz CT molecular complexity index is 697. The molecule has 1 amide bonds. The number of aryl methyl sites for hydroxylation is 1. The van der Waals surface area contributed by atoms with E-state index in [1.807, 2.05) is 12.3 Å². The van der Waals surface area contributed by atoms with Gasteiger partial charge in [0.25, 0.3) is 5.91 Å². The molecule has 1 heterocycles. The second-order valence-electron chi connectivity index (χ2n) is 5.01. The standard InChI is InChI=1S/C16H18N2O4S/c1-11-17-12(10-23-11)8-21-14-7-5-4-6-13(14)16(20)22-9-15(19)18(2)3/h4-7,10H,8-9H2,1-3H3. The van der Waals surface area contributed by atoms with Crippen LogP contribution in [-0.4, -0.2) is 42.5 Å². The number of rotatable bonds is 6. The molecule has 23 heavy (non-hydrogen) atoms. The van der Waals surface area contributed by atoms with Crippen molar-refractivity contribution in [2.24, 2.45) is 0 Å². The number of carbonyl (C=O) groups is 2. The number of likely N-dealkylation sites (N-methyl/N-ethyl adjacent to an activating group) is 1. The largest absolute Gasteiger partial charge is 0.486 e. The maximum absolute atomic E-state index is 12.1. The maximum Gasteiger partial charge on any atom is 0.342 e. The number of nitrogens with zero attached hydrogens (tertiary/aromatic N) is 2. The fourth-order valence-corrected chi connectivity index (χ4v) is 2.32. The van der Waals surface area contributed by atoms with Crippen molar-refractivity contribution in [2.75, 3.05) is 20.7 Å². The van der Waals surface area contributed by atoms with Gasteiger partial charge in [-0.05, 0) is 19.1 Å². The van der Waals surface area contributed by atoms with Crippen LogP contribution in [0.2, 0.25) is 0 Å². The average Bonchev–Trinajstić information content (AvgIpc) is 2.96. The number of esters is 1. The fourth-order valence-electron chi connectivity index (χ4n) is 1.72. The molecule has 1 aromatic heterocycles. The van der Waals surface area contributed by atoms with Gasteiger partial charge in [-0.25, -0.2) is 9.78 Å². The Kier molecular flexibility index (Phi) is 5.70. The van der Waals surface area contributed by atoms with Crippen LogP contribution in [0.25, 0.3) is 0 Å². The Balaban J connectivity index is 2.01. The van der Waals surface area contributed by atoms with E-state index in [2.05, 4.69) is 4.98 Å². The Morgan fingerprint density at radius 2 is 2.00 bits per heavy atom. The average molecular weight is 334 g/mol. The molecule has 0 N–H and O–H groups in total. The normalized spacial score (nSPS) is 10.2.